The predicted octanol–water partition coefficient (Wildman–Crippen LogP) is 1.76. The molecule has 1 aromatic heterocycles. The zero-order valence-corrected chi connectivity index (χ0v) is 14.3. The Morgan fingerprint density at radius 1 is 1.08 bits per heavy atom. The number of carbonyl (C=O) groups excluding carboxylic acids is 3. The molecular formula is C19H19N3O4. The Balaban J connectivity index is 1.47. The molecule has 7 heteroatoms. The van der Waals surface area contributed by atoms with E-state index in [9.17, 15) is 14.4 Å². The SMILES string of the molecule is COC(=O)c1ccc(NC(=O)C2CC2C(=O)NCc2ccccn2)cc1. The van der Waals surface area contributed by atoms with Crippen molar-refractivity contribution in [2.75, 3.05) is 12.4 Å². The van der Waals surface area contributed by atoms with Crippen LogP contribution in [0.5, 0.6) is 0 Å². The van der Waals surface area contributed by atoms with Gasteiger partial charge in [-0.25, -0.2) is 4.79 Å². The highest BCUT2D eigenvalue weighted by Crippen LogP contribution is 2.39. The van der Waals surface area contributed by atoms with Gasteiger partial charge in [0.2, 0.25) is 11.8 Å². The van der Waals surface area contributed by atoms with Crippen LogP contribution in [0, 0.1) is 11.8 Å². The molecule has 2 atom stereocenters. The van der Waals surface area contributed by atoms with Gasteiger partial charge in [-0.05, 0) is 42.8 Å². The van der Waals surface area contributed by atoms with Gasteiger partial charge in [0.25, 0.3) is 0 Å². The van der Waals surface area contributed by atoms with Gasteiger partial charge in [-0.1, -0.05) is 6.07 Å². The summed E-state index contributed by atoms with van der Waals surface area (Å²) < 4.78 is 4.63. The topological polar surface area (TPSA) is 97.4 Å². The number of rotatable bonds is 6. The van der Waals surface area contributed by atoms with Crippen LogP contribution in [0.1, 0.15) is 22.5 Å². The Bertz CT molecular complexity index is 805. The first kappa shape index (κ1) is 17.6. The van der Waals surface area contributed by atoms with Crippen LogP contribution >= 0.6 is 0 Å². The number of aromatic nitrogens is 1. The number of methoxy groups -OCH3 is 1. The van der Waals surface area contributed by atoms with Crippen LogP contribution < -0.4 is 10.6 Å². The van der Waals surface area contributed by atoms with Gasteiger partial charge >= 0.3 is 5.97 Å². The lowest BCUT2D eigenvalue weighted by Gasteiger charge is -2.07. The predicted molar refractivity (Wildman–Crippen MR) is 94.1 cm³/mol. The van der Waals surface area contributed by atoms with Gasteiger partial charge in [-0.15, -0.1) is 0 Å². The summed E-state index contributed by atoms with van der Waals surface area (Å²) >= 11 is 0. The largest absolute Gasteiger partial charge is 0.465 e. The third kappa shape index (κ3) is 4.24. The van der Waals surface area contributed by atoms with E-state index >= 15 is 0 Å². The molecule has 2 aromatic rings. The lowest BCUT2D eigenvalue weighted by atomic mass is 10.2. The Hall–Kier alpha value is -3.22. The lowest BCUT2D eigenvalue weighted by molar-refractivity contribution is -0.125. The highest BCUT2D eigenvalue weighted by Gasteiger charge is 2.47. The summed E-state index contributed by atoms with van der Waals surface area (Å²) in [5.74, 6) is -1.42. The van der Waals surface area contributed by atoms with Crippen molar-refractivity contribution in [3.63, 3.8) is 0 Å². The fourth-order valence-electron chi connectivity index (χ4n) is 2.63. The van der Waals surface area contributed by atoms with E-state index in [0.717, 1.165) is 5.69 Å². The van der Waals surface area contributed by atoms with Crippen molar-refractivity contribution < 1.29 is 19.1 Å². The maximum atomic E-state index is 12.2. The normalized spacial score (nSPS) is 17.9. The second kappa shape index (κ2) is 7.77. The first-order valence-corrected chi connectivity index (χ1v) is 8.25. The van der Waals surface area contributed by atoms with E-state index in [2.05, 4.69) is 20.4 Å². The number of anilines is 1. The molecule has 1 aliphatic rings. The monoisotopic (exact) mass is 353 g/mol. The van der Waals surface area contributed by atoms with Crippen molar-refractivity contribution in [2.24, 2.45) is 11.8 Å². The van der Waals surface area contributed by atoms with E-state index in [0.29, 0.717) is 24.2 Å². The number of nitrogens with one attached hydrogen (secondary N) is 2. The Kier molecular flexibility index (Phi) is 5.26. The van der Waals surface area contributed by atoms with Crippen molar-refractivity contribution in [3.8, 4) is 0 Å². The number of pyridine rings is 1. The molecule has 2 unspecified atom stereocenters. The molecule has 0 spiro atoms. The van der Waals surface area contributed by atoms with E-state index in [1.54, 1.807) is 30.5 Å². The second-order valence-electron chi connectivity index (χ2n) is 6.05. The molecule has 2 amide bonds. The zero-order valence-electron chi connectivity index (χ0n) is 14.3. The third-order valence-electron chi connectivity index (χ3n) is 4.21. The molecule has 0 aliphatic heterocycles. The molecule has 7 nitrogen and oxygen atoms in total. The molecule has 0 radical (unpaired) electrons. The van der Waals surface area contributed by atoms with Crippen LogP contribution in [0.3, 0.4) is 0 Å². The van der Waals surface area contributed by atoms with Crippen molar-refractivity contribution >= 4 is 23.5 Å². The number of amides is 2. The maximum absolute atomic E-state index is 12.2. The van der Waals surface area contributed by atoms with Gasteiger partial charge in [0.1, 0.15) is 0 Å². The highest BCUT2D eigenvalue weighted by atomic mass is 16.5. The Morgan fingerprint density at radius 3 is 2.46 bits per heavy atom. The summed E-state index contributed by atoms with van der Waals surface area (Å²) in [7, 11) is 1.31. The van der Waals surface area contributed by atoms with Gasteiger partial charge in [0, 0.05) is 11.9 Å². The summed E-state index contributed by atoms with van der Waals surface area (Å²) in [5.41, 5.74) is 1.75. The lowest BCUT2D eigenvalue weighted by Crippen LogP contribution is -2.27. The van der Waals surface area contributed by atoms with E-state index < -0.39 is 5.97 Å². The van der Waals surface area contributed by atoms with Gasteiger partial charge in [0.15, 0.2) is 0 Å². The van der Waals surface area contributed by atoms with Crippen LogP contribution in [0.4, 0.5) is 5.69 Å². The number of esters is 1. The summed E-state index contributed by atoms with van der Waals surface area (Å²) in [6, 6.07) is 11.9. The summed E-state index contributed by atoms with van der Waals surface area (Å²) in [6.45, 7) is 0.347. The van der Waals surface area contributed by atoms with Gasteiger partial charge < -0.3 is 15.4 Å². The van der Waals surface area contributed by atoms with E-state index in [1.165, 1.54) is 7.11 Å². The fourth-order valence-corrected chi connectivity index (χ4v) is 2.63. The molecule has 3 rings (SSSR count). The van der Waals surface area contributed by atoms with E-state index in [1.807, 2.05) is 18.2 Å². The van der Waals surface area contributed by atoms with Crippen LogP contribution in [0.2, 0.25) is 0 Å². The number of benzene rings is 1. The smallest absolute Gasteiger partial charge is 0.337 e. The fraction of sp³-hybridized carbons (Fsp3) is 0.263. The number of ether oxygens (including phenoxy) is 1. The van der Waals surface area contributed by atoms with Gasteiger partial charge in [-0.3, -0.25) is 14.6 Å². The molecule has 134 valence electrons. The standard InChI is InChI=1S/C19H19N3O4/c1-26-19(25)12-5-7-13(8-6-12)22-18(24)16-10-15(16)17(23)21-11-14-4-2-3-9-20-14/h2-9,15-16H,10-11H2,1H3,(H,21,23)(H,22,24). The Labute approximate surface area is 150 Å². The minimum atomic E-state index is -0.435. The summed E-state index contributed by atoms with van der Waals surface area (Å²) in [6.07, 6.45) is 2.19. The van der Waals surface area contributed by atoms with Crippen molar-refractivity contribution in [3.05, 3.63) is 59.9 Å². The molecule has 0 bridgehead atoms. The Morgan fingerprint density at radius 2 is 1.81 bits per heavy atom. The van der Waals surface area contributed by atoms with Crippen LogP contribution in [-0.4, -0.2) is 29.9 Å². The molecule has 0 saturated heterocycles. The van der Waals surface area contributed by atoms with Crippen molar-refractivity contribution in [1.29, 1.82) is 0 Å². The van der Waals surface area contributed by atoms with Crippen LogP contribution in [-0.2, 0) is 20.9 Å². The van der Waals surface area contributed by atoms with Crippen LogP contribution in [0.25, 0.3) is 0 Å². The first-order chi connectivity index (χ1) is 12.6. The molecule has 1 heterocycles. The minimum Gasteiger partial charge on any atom is -0.465 e. The van der Waals surface area contributed by atoms with E-state index in [4.69, 9.17) is 0 Å². The number of carbonyl (C=O) groups is 3. The number of hydrogen-bond donors (Lipinski definition) is 2. The summed E-state index contributed by atoms with van der Waals surface area (Å²) in [4.78, 5) is 39.9. The first-order valence-electron chi connectivity index (χ1n) is 8.25. The average Bonchev–Trinajstić information content (AvgIpc) is 3.48. The highest BCUT2D eigenvalue weighted by molar-refractivity contribution is 5.99. The second-order valence-corrected chi connectivity index (χ2v) is 6.05. The van der Waals surface area contributed by atoms with Crippen molar-refractivity contribution in [2.45, 2.75) is 13.0 Å². The maximum Gasteiger partial charge on any atom is 0.337 e. The van der Waals surface area contributed by atoms with Gasteiger partial charge in [0.05, 0.1) is 36.7 Å². The summed E-state index contributed by atoms with van der Waals surface area (Å²) in [5, 5.41) is 5.57. The molecule has 26 heavy (non-hydrogen) atoms. The zero-order chi connectivity index (χ0) is 18.5. The average molecular weight is 353 g/mol. The van der Waals surface area contributed by atoms with Crippen molar-refractivity contribution in [1.82, 2.24) is 10.3 Å². The third-order valence-corrected chi connectivity index (χ3v) is 4.21. The number of nitrogens with zero attached hydrogens (tertiary/aromatic N) is 1. The quantitative estimate of drug-likeness (QED) is 0.771. The van der Waals surface area contributed by atoms with E-state index in [-0.39, 0.29) is 23.7 Å². The van der Waals surface area contributed by atoms with Gasteiger partial charge in [-0.2, -0.15) is 0 Å². The minimum absolute atomic E-state index is 0.142. The molecular weight excluding hydrogens is 334 g/mol. The molecule has 1 saturated carbocycles. The molecule has 1 aromatic carbocycles. The molecule has 2 N–H and O–H groups in total. The van der Waals surface area contributed by atoms with Crippen LogP contribution in [0.15, 0.2) is 48.7 Å². The molecule has 1 aliphatic carbocycles. The number of hydrogen-bond acceptors (Lipinski definition) is 5. The molecule has 1 fully saturated rings.